The van der Waals surface area contributed by atoms with Crippen molar-refractivity contribution in [2.24, 2.45) is 0 Å². The first-order chi connectivity index (χ1) is 13.0. The Morgan fingerprint density at radius 2 is 1.89 bits per heavy atom. The maximum atomic E-state index is 12.3. The maximum absolute atomic E-state index is 12.3. The molecule has 0 atom stereocenters. The Hall–Kier alpha value is -3.08. The number of fused-ring (bicyclic) bond motifs is 1. The van der Waals surface area contributed by atoms with E-state index in [2.05, 4.69) is 17.4 Å². The van der Waals surface area contributed by atoms with E-state index in [4.69, 9.17) is 4.42 Å². The fraction of sp³-hybridized carbons (Fsp3) is 0.273. The molecule has 1 heterocycles. The number of aryl methyl sites for hydroxylation is 3. The van der Waals surface area contributed by atoms with Gasteiger partial charge in [-0.25, -0.2) is 4.79 Å². The highest BCUT2D eigenvalue weighted by Gasteiger charge is 2.17. The molecule has 0 spiro atoms. The summed E-state index contributed by atoms with van der Waals surface area (Å²) in [4.78, 5) is 24.5. The third-order valence-electron chi connectivity index (χ3n) is 4.65. The van der Waals surface area contributed by atoms with Gasteiger partial charge in [0.25, 0.3) is 0 Å². The lowest BCUT2D eigenvalue weighted by atomic mass is 10.0. The minimum Gasteiger partial charge on any atom is -0.507 e. The summed E-state index contributed by atoms with van der Waals surface area (Å²) in [5.74, 6) is -0.180. The van der Waals surface area contributed by atoms with Gasteiger partial charge >= 0.3 is 5.63 Å². The normalized spacial score (nSPS) is 10.9. The molecule has 140 valence electrons. The Morgan fingerprint density at radius 3 is 2.63 bits per heavy atom. The number of hydrogen-bond donors (Lipinski definition) is 2. The zero-order valence-electron chi connectivity index (χ0n) is 15.5. The zero-order chi connectivity index (χ0) is 19.4. The Labute approximate surface area is 157 Å². The van der Waals surface area contributed by atoms with Crippen LogP contribution >= 0.6 is 0 Å². The lowest BCUT2D eigenvalue weighted by Crippen LogP contribution is -2.28. The van der Waals surface area contributed by atoms with Crippen LogP contribution in [0.15, 0.2) is 51.7 Å². The van der Waals surface area contributed by atoms with Crippen LogP contribution in [0, 0.1) is 13.8 Å². The van der Waals surface area contributed by atoms with Gasteiger partial charge in [0, 0.05) is 6.54 Å². The van der Waals surface area contributed by atoms with E-state index in [0.717, 1.165) is 18.4 Å². The minimum absolute atomic E-state index is 0.0516. The van der Waals surface area contributed by atoms with Gasteiger partial charge in [0.15, 0.2) is 0 Å². The van der Waals surface area contributed by atoms with Crippen molar-refractivity contribution < 1.29 is 14.3 Å². The Balaban J connectivity index is 1.67. The van der Waals surface area contributed by atoms with Crippen molar-refractivity contribution in [3.8, 4) is 5.75 Å². The molecular formula is C22H23NO4. The molecule has 0 bridgehead atoms. The first-order valence-electron chi connectivity index (χ1n) is 9.02. The number of rotatable bonds is 6. The van der Waals surface area contributed by atoms with E-state index >= 15 is 0 Å². The Kier molecular flexibility index (Phi) is 5.60. The summed E-state index contributed by atoms with van der Waals surface area (Å²) in [6, 6.07) is 13.4. The van der Waals surface area contributed by atoms with E-state index < -0.39 is 5.63 Å². The average Bonchev–Trinajstić information content (AvgIpc) is 2.62. The molecule has 3 aromatic rings. The first-order valence-corrected chi connectivity index (χ1v) is 9.02. The summed E-state index contributed by atoms with van der Waals surface area (Å²) < 4.78 is 5.32. The van der Waals surface area contributed by atoms with Gasteiger partial charge in [-0.05, 0) is 55.5 Å². The highest BCUT2D eigenvalue weighted by molar-refractivity contribution is 5.89. The SMILES string of the molecule is Cc1cc(O)c2c(C)c(CC(=O)NCCCc3ccccc3)c(=O)oc2c1. The van der Waals surface area contributed by atoms with Crippen LogP contribution < -0.4 is 10.9 Å². The number of amides is 1. The summed E-state index contributed by atoms with van der Waals surface area (Å²) in [7, 11) is 0. The number of phenolic OH excluding ortho intramolecular Hbond substituents is 1. The van der Waals surface area contributed by atoms with Crippen LogP contribution in [0.2, 0.25) is 0 Å². The van der Waals surface area contributed by atoms with Crippen LogP contribution in [0.25, 0.3) is 11.0 Å². The summed E-state index contributed by atoms with van der Waals surface area (Å²) >= 11 is 0. The number of phenols is 1. The van der Waals surface area contributed by atoms with Crippen LogP contribution in [-0.4, -0.2) is 17.6 Å². The molecule has 0 radical (unpaired) electrons. The topological polar surface area (TPSA) is 79.5 Å². The summed E-state index contributed by atoms with van der Waals surface area (Å²) in [6.45, 7) is 4.08. The van der Waals surface area contributed by atoms with Gasteiger partial charge < -0.3 is 14.8 Å². The monoisotopic (exact) mass is 365 g/mol. The summed E-state index contributed by atoms with van der Waals surface area (Å²) in [5.41, 5.74) is 2.68. The number of benzene rings is 2. The molecular weight excluding hydrogens is 342 g/mol. The second-order valence-electron chi connectivity index (χ2n) is 6.77. The number of aromatic hydroxyl groups is 1. The quantitative estimate of drug-likeness (QED) is 0.518. The third-order valence-corrected chi connectivity index (χ3v) is 4.65. The van der Waals surface area contributed by atoms with Gasteiger partial charge in [-0.2, -0.15) is 0 Å². The van der Waals surface area contributed by atoms with Crippen molar-refractivity contribution in [2.75, 3.05) is 6.54 Å². The molecule has 0 unspecified atom stereocenters. The van der Waals surface area contributed by atoms with E-state index in [-0.39, 0.29) is 23.6 Å². The fourth-order valence-corrected chi connectivity index (χ4v) is 3.25. The molecule has 1 amide bonds. The minimum atomic E-state index is -0.538. The molecule has 2 N–H and O–H groups in total. The molecule has 0 fully saturated rings. The molecule has 3 rings (SSSR count). The van der Waals surface area contributed by atoms with Gasteiger partial charge in [0.2, 0.25) is 5.91 Å². The van der Waals surface area contributed by atoms with Crippen molar-refractivity contribution in [1.82, 2.24) is 5.32 Å². The molecule has 1 aromatic heterocycles. The molecule has 0 aliphatic carbocycles. The lowest BCUT2D eigenvalue weighted by molar-refractivity contribution is -0.120. The van der Waals surface area contributed by atoms with Crippen molar-refractivity contribution >= 4 is 16.9 Å². The smallest absolute Gasteiger partial charge is 0.340 e. The van der Waals surface area contributed by atoms with Gasteiger partial charge in [-0.1, -0.05) is 30.3 Å². The van der Waals surface area contributed by atoms with Crippen LogP contribution in [0.4, 0.5) is 0 Å². The second-order valence-corrected chi connectivity index (χ2v) is 6.77. The van der Waals surface area contributed by atoms with Crippen molar-refractivity contribution in [3.63, 3.8) is 0 Å². The Morgan fingerprint density at radius 1 is 1.15 bits per heavy atom. The van der Waals surface area contributed by atoms with Crippen molar-refractivity contribution in [2.45, 2.75) is 33.1 Å². The molecule has 0 aliphatic rings. The van der Waals surface area contributed by atoms with Gasteiger partial charge in [-0.15, -0.1) is 0 Å². The number of carbonyl (C=O) groups excluding carboxylic acids is 1. The molecule has 0 aliphatic heterocycles. The molecule has 0 saturated carbocycles. The standard InChI is InChI=1S/C22H23NO4/c1-14-11-18(24)21-15(2)17(22(26)27-19(21)12-14)13-20(25)23-10-6-9-16-7-4-3-5-8-16/h3-5,7-8,11-12,24H,6,9-10,13H2,1-2H3,(H,23,25). The van der Waals surface area contributed by atoms with Gasteiger partial charge in [0.1, 0.15) is 11.3 Å². The summed E-state index contributed by atoms with van der Waals surface area (Å²) in [5, 5.41) is 13.5. The average molecular weight is 365 g/mol. The van der Waals surface area contributed by atoms with Gasteiger partial charge in [-0.3, -0.25) is 4.79 Å². The highest BCUT2D eigenvalue weighted by Crippen LogP contribution is 2.29. The molecule has 5 heteroatoms. The highest BCUT2D eigenvalue weighted by atomic mass is 16.4. The largest absolute Gasteiger partial charge is 0.507 e. The zero-order valence-corrected chi connectivity index (χ0v) is 15.5. The van der Waals surface area contributed by atoms with E-state index in [1.807, 2.05) is 25.1 Å². The van der Waals surface area contributed by atoms with Crippen molar-refractivity contribution in [1.29, 1.82) is 0 Å². The van der Waals surface area contributed by atoms with Crippen LogP contribution in [0.1, 0.15) is 28.7 Å². The fourth-order valence-electron chi connectivity index (χ4n) is 3.25. The predicted molar refractivity (Wildman–Crippen MR) is 105 cm³/mol. The number of nitrogens with one attached hydrogen (secondary N) is 1. The first kappa shape index (κ1) is 18.7. The lowest BCUT2D eigenvalue weighted by Gasteiger charge is -2.10. The summed E-state index contributed by atoms with van der Waals surface area (Å²) in [6.07, 6.45) is 1.63. The molecule has 0 saturated heterocycles. The molecule has 5 nitrogen and oxygen atoms in total. The van der Waals surface area contributed by atoms with Gasteiger partial charge in [0.05, 0.1) is 17.4 Å². The van der Waals surface area contributed by atoms with Crippen molar-refractivity contribution in [3.05, 3.63) is 75.1 Å². The second kappa shape index (κ2) is 8.08. The predicted octanol–water partition coefficient (Wildman–Crippen LogP) is 3.41. The van der Waals surface area contributed by atoms with Crippen LogP contribution in [-0.2, 0) is 17.6 Å². The van der Waals surface area contributed by atoms with E-state index in [1.165, 1.54) is 5.56 Å². The third kappa shape index (κ3) is 4.37. The number of carbonyl (C=O) groups is 1. The van der Waals surface area contributed by atoms with E-state index in [0.29, 0.717) is 23.1 Å². The Bertz CT molecular complexity index is 1020. The van der Waals surface area contributed by atoms with E-state index in [9.17, 15) is 14.7 Å². The molecule has 2 aromatic carbocycles. The van der Waals surface area contributed by atoms with Crippen LogP contribution in [0.3, 0.4) is 0 Å². The number of hydrogen-bond acceptors (Lipinski definition) is 4. The van der Waals surface area contributed by atoms with E-state index in [1.54, 1.807) is 19.1 Å². The molecule has 27 heavy (non-hydrogen) atoms. The maximum Gasteiger partial charge on any atom is 0.340 e. The van der Waals surface area contributed by atoms with Crippen LogP contribution in [0.5, 0.6) is 5.75 Å².